The van der Waals surface area contributed by atoms with Gasteiger partial charge in [0.15, 0.2) is 11.4 Å². The number of nitrogens with zero attached hydrogens (tertiary/aromatic N) is 3. The number of hydrogen-bond acceptors (Lipinski definition) is 6. The first-order valence-electron chi connectivity index (χ1n) is 4.56. The number of rotatable bonds is 4. The Morgan fingerprint density at radius 1 is 1.18 bits per heavy atom. The highest BCUT2D eigenvalue weighted by atomic mass is 16.6. The van der Waals surface area contributed by atoms with Crippen LogP contribution >= 0.6 is 0 Å². The summed E-state index contributed by atoms with van der Waals surface area (Å²) in [7, 11) is 4.49. The van der Waals surface area contributed by atoms with Crippen molar-refractivity contribution in [3.8, 4) is 5.75 Å². The Hall–Kier alpha value is -2.38. The molecule has 0 amide bonds. The molecule has 0 aliphatic heterocycles. The molecule has 1 aromatic rings. The number of anilines is 1. The van der Waals surface area contributed by atoms with Crippen LogP contribution in [0.25, 0.3) is 0 Å². The Bertz CT molecular complexity index is 472. The Labute approximate surface area is 96.7 Å². The molecule has 0 radical (unpaired) electrons. The largest absolute Gasteiger partial charge is 0.494 e. The van der Waals surface area contributed by atoms with Gasteiger partial charge in [0, 0.05) is 14.1 Å². The minimum Gasteiger partial charge on any atom is -0.494 e. The number of benzene rings is 1. The number of ether oxygens (including phenoxy) is 1. The van der Waals surface area contributed by atoms with Crippen molar-refractivity contribution in [2.24, 2.45) is 0 Å². The Morgan fingerprint density at radius 3 is 2.12 bits per heavy atom. The molecule has 0 bridgehead atoms. The molecule has 0 aromatic heterocycles. The van der Waals surface area contributed by atoms with Crippen molar-refractivity contribution in [2.45, 2.75) is 0 Å². The van der Waals surface area contributed by atoms with Crippen molar-refractivity contribution >= 4 is 17.1 Å². The van der Waals surface area contributed by atoms with E-state index in [2.05, 4.69) is 0 Å². The van der Waals surface area contributed by atoms with E-state index in [0.29, 0.717) is 0 Å². The highest BCUT2D eigenvalue weighted by Crippen LogP contribution is 2.39. The number of nitro benzene ring substituents is 2. The highest BCUT2D eigenvalue weighted by molar-refractivity contribution is 5.74. The molecule has 0 saturated heterocycles. The van der Waals surface area contributed by atoms with E-state index in [0.717, 1.165) is 12.1 Å². The number of hydrogen-bond donors (Lipinski definition) is 0. The lowest BCUT2D eigenvalue weighted by Crippen LogP contribution is -2.13. The summed E-state index contributed by atoms with van der Waals surface area (Å²) in [5.74, 6) is 0.0934. The van der Waals surface area contributed by atoms with Crippen molar-refractivity contribution in [3.05, 3.63) is 32.4 Å². The third-order valence-electron chi connectivity index (χ3n) is 2.11. The second kappa shape index (κ2) is 4.64. The monoisotopic (exact) mass is 241 g/mol. The zero-order chi connectivity index (χ0) is 13.2. The van der Waals surface area contributed by atoms with Crippen molar-refractivity contribution in [1.29, 1.82) is 0 Å². The van der Waals surface area contributed by atoms with Gasteiger partial charge in [-0.3, -0.25) is 20.2 Å². The van der Waals surface area contributed by atoms with E-state index < -0.39 is 9.85 Å². The lowest BCUT2D eigenvalue weighted by Gasteiger charge is -2.15. The average Bonchev–Trinajstić information content (AvgIpc) is 2.26. The highest BCUT2D eigenvalue weighted by Gasteiger charge is 2.26. The minimum absolute atomic E-state index is 0.0934. The van der Waals surface area contributed by atoms with Crippen LogP contribution in [0.4, 0.5) is 17.1 Å². The average molecular weight is 241 g/mol. The molecular formula is C9H11N3O5. The summed E-state index contributed by atoms with van der Waals surface area (Å²) in [6.07, 6.45) is 0. The van der Waals surface area contributed by atoms with E-state index in [4.69, 9.17) is 4.74 Å². The molecule has 0 heterocycles. The van der Waals surface area contributed by atoms with Crippen LogP contribution in [0.5, 0.6) is 5.75 Å². The molecule has 1 rings (SSSR count). The van der Waals surface area contributed by atoms with Gasteiger partial charge in [0.05, 0.1) is 29.1 Å². The summed E-state index contributed by atoms with van der Waals surface area (Å²) in [6.45, 7) is 0. The Kier molecular flexibility index (Phi) is 3.46. The predicted molar refractivity (Wildman–Crippen MR) is 60.6 cm³/mol. The molecule has 0 N–H and O–H groups in total. The molecular weight excluding hydrogens is 230 g/mol. The van der Waals surface area contributed by atoms with E-state index in [1.807, 2.05) is 0 Å². The summed E-state index contributed by atoms with van der Waals surface area (Å²) >= 11 is 0. The molecule has 92 valence electrons. The van der Waals surface area contributed by atoms with E-state index in [1.165, 1.54) is 12.0 Å². The van der Waals surface area contributed by atoms with Crippen molar-refractivity contribution < 1.29 is 14.6 Å². The second-order valence-corrected chi connectivity index (χ2v) is 3.42. The van der Waals surface area contributed by atoms with Gasteiger partial charge >= 0.3 is 5.69 Å². The topological polar surface area (TPSA) is 98.8 Å². The molecule has 0 aliphatic rings. The maximum absolute atomic E-state index is 10.9. The van der Waals surface area contributed by atoms with E-state index in [-0.39, 0.29) is 22.8 Å². The zero-order valence-electron chi connectivity index (χ0n) is 9.54. The van der Waals surface area contributed by atoms with Gasteiger partial charge in [0.1, 0.15) is 0 Å². The lowest BCUT2D eigenvalue weighted by molar-refractivity contribution is -0.393. The van der Waals surface area contributed by atoms with E-state index >= 15 is 0 Å². The molecule has 0 atom stereocenters. The molecule has 8 nitrogen and oxygen atoms in total. The van der Waals surface area contributed by atoms with Crippen LogP contribution < -0.4 is 9.64 Å². The molecule has 0 fully saturated rings. The molecule has 0 spiro atoms. The van der Waals surface area contributed by atoms with E-state index in [1.54, 1.807) is 14.1 Å². The Morgan fingerprint density at radius 2 is 1.76 bits per heavy atom. The van der Waals surface area contributed by atoms with Crippen LogP contribution in [0.2, 0.25) is 0 Å². The standard InChI is InChI=1S/C9H11N3O5/c1-10(2)9-7(12(15)16)4-6(11(13)14)5-8(9)17-3/h4-5H,1-3H3. The first-order valence-corrected chi connectivity index (χ1v) is 4.56. The fourth-order valence-corrected chi connectivity index (χ4v) is 1.43. The molecule has 1 aromatic carbocycles. The minimum atomic E-state index is -0.699. The first kappa shape index (κ1) is 12.7. The van der Waals surface area contributed by atoms with Crippen LogP contribution in [0, 0.1) is 20.2 Å². The SMILES string of the molecule is COc1cc([N+](=O)[O-])cc([N+](=O)[O-])c1N(C)C. The van der Waals surface area contributed by atoms with Gasteiger partial charge in [-0.05, 0) is 0 Å². The second-order valence-electron chi connectivity index (χ2n) is 3.42. The molecule has 0 saturated carbocycles. The summed E-state index contributed by atoms with van der Waals surface area (Å²) in [6, 6.07) is 2.07. The predicted octanol–water partition coefficient (Wildman–Crippen LogP) is 1.58. The molecule has 17 heavy (non-hydrogen) atoms. The van der Waals surface area contributed by atoms with Gasteiger partial charge in [-0.1, -0.05) is 0 Å². The third kappa shape index (κ3) is 2.41. The van der Waals surface area contributed by atoms with Crippen molar-refractivity contribution in [3.63, 3.8) is 0 Å². The molecule has 0 aliphatic carbocycles. The maximum Gasteiger partial charge on any atom is 0.303 e. The van der Waals surface area contributed by atoms with Crippen molar-refractivity contribution in [2.75, 3.05) is 26.1 Å². The van der Waals surface area contributed by atoms with Gasteiger partial charge in [-0.25, -0.2) is 0 Å². The summed E-state index contributed by atoms with van der Waals surface area (Å²) in [5.41, 5.74) is -0.539. The van der Waals surface area contributed by atoms with Crippen LogP contribution in [0.3, 0.4) is 0 Å². The summed E-state index contributed by atoms with van der Waals surface area (Å²) in [5, 5.41) is 21.5. The smallest absolute Gasteiger partial charge is 0.303 e. The molecule has 0 unspecified atom stereocenters. The van der Waals surface area contributed by atoms with Gasteiger partial charge in [0.25, 0.3) is 5.69 Å². The van der Waals surface area contributed by atoms with Gasteiger partial charge in [0.2, 0.25) is 0 Å². The van der Waals surface area contributed by atoms with Gasteiger partial charge in [-0.15, -0.1) is 0 Å². The van der Waals surface area contributed by atoms with Crippen LogP contribution in [0.1, 0.15) is 0 Å². The van der Waals surface area contributed by atoms with Crippen molar-refractivity contribution in [1.82, 2.24) is 0 Å². The summed E-state index contributed by atoms with van der Waals surface area (Å²) < 4.78 is 4.94. The zero-order valence-corrected chi connectivity index (χ0v) is 9.54. The van der Waals surface area contributed by atoms with Crippen LogP contribution in [-0.4, -0.2) is 31.1 Å². The number of non-ortho nitro benzene ring substituents is 1. The first-order chi connectivity index (χ1) is 7.88. The third-order valence-corrected chi connectivity index (χ3v) is 2.11. The summed E-state index contributed by atoms with van der Waals surface area (Å²) in [4.78, 5) is 21.6. The van der Waals surface area contributed by atoms with Crippen LogP contribution in [-0.2, 0) is 0 Å². The number of nitro groups is 2. The maximum atomic E-state index is 10.9. The quantitative estimate of drug-likeness (QED) is 0.586. The Balaban J connectivity index is 3.57. The number of methoxy groups -OCH3 is 1. The fraction of sp³-hybridized carbons (Fsp3) is 0.333. The van der Waals surface area contributed by atoms with Gasteiger partial charge in [-0.2, -0.15) is 0 Å². The molecule has 8 heteroatoms. The fourth-order valence-electron chi connectivity index (χ4n) is 1.43. The van der Waals surface area contributed by atoms with Crippen LogP contribution in [0.15, 0.2) is 12.1 Å². The normalized spacial score (nSPS) is 9.82. The van der Waals surface area contributed by atoms with Gasteiger partial charge < -0.3 is 9.64 Å². The van der Waals surface area contributed by atoms with E-state index in [9.17, 15) is 20.2 Å². The lowest BCUT2D eigenvalue weighted by atomic mass is 10.2.